The minimum atomic E-state index is 0. The molecule has 1 aromatic carbocycles. The van der Waals surface area contributed by atoms with Crippen molar-refractivity contribution < 1.29 is 0 Å². The van der Waals surface area contributed by atoms with Crippen molar-refractivity contribution in [3.05, 3.63) is 34.9 Å². The van der Waals surface area contributed by atoms with Crippen LogP contribution in [0.2, 0.25) is 0 Å². The van der Waals surface area contributed by atoms with Crippen LogP contribution in [0.25, 0.3) is 0 Å². The van der Waals surface area contributed by atoms with E-state index in [4.69, 9.17) is 0 Å². The molecular formula is C9H16Si. The van der Waals surface area contributed by atoms with Crippen LogP contribution in [0.5, 0.6) is 0 Å². The Hall–Kier alpha value is -0.563. The summed E-state index contributed by atoms with van der Waals surface area (Å²) in [5.74, 6) is 0. The molecule has 0 radical (unpaired) electrons. The smallest absolute Gasteiger partial charge is 0.0149 e. The van der Waals surface area contributed by atoms with Gasteiger partial charge in [-0.05, 0) is 48.4 Å². The second-order valence-corrected chi connectivity index (χ2v) is 2.52. The molecule has 0 unspecified atom stereocenters. The van der Waals surface area contributed by atoms with E-state index < -0.39 is 0 Å². The van der Waals surface area contributed by atoms with Crippen molar-refractivity contribution in [2.24, 2.45) is 0 Å². The van der Waals surface area contributed by atoms with Gasteiger partial charge in [0.25, 0.3) is 0 Å². The Labute approximate surface area is 67.3 Å². The third kappa shape index (κ3) is 1.71. The summed E-state index contributed by atoms with van der Waals surface area (Å²) in [6.07, 6.45) is 0. The Bertz CT molecular complexity index is 196. The Balaban J connectivity index is 0.000000810. The molecule has 0 N–H and O–H groups in total. The van der Waals surface area contributed by atoms with E-state index in [1.54, 1.807) is 0 Å². The molecule has 0 heterocycles. The van der Waals surface area contributed by atoms with E-state index >= 15 is 0 Å². The van der Waals surface area contributed by atoms with Gasteiger partial charge in [-0.25, -0.2) is 0 Å². The van der Waals surface area contributed by atoms with Crippen LogP contribution in [0.1, 0.15) is 16.7 Å². The van der Waals surface area contributed by atoms with E-state index in [0.717, 1.165) is 0 Å². The maximum absolute atomic E-state index is 2.16. The van der Waals surface area contributed by atoms with Crippen LogP contribution in [0.15, 0.2) is 18.2 Å². The lowest BCUT2D eigenvalue weighted by Gasteiger charge is -2.00. The highest BCUT2D eigenvalue weighted by molar-refractivity contribution is 5.75. The molecule has 0 spiro atoms. The summed E-state index contributed by atoms with van der Waals surface area (Å²) < 4.78 is 0. The fourth-order valence-electron chi connectivity index (χ4n) is 0.898. The summed E-state index contributed by atoms with van der Waals surface area (Å²) in [6.45, 7) is 6.44. The predicted molar refractivity (Wildman–Crippen MR) is 52.0 cm³/mol. The molecule has 10 heavy (non-hydrogen) atoms. The SMILES string of the molecule is Cc1cccc(C)c1C.[SiH4]. The van der Waals surface area contributed by atoms with E-state index in [1.807, 2.05) is 0 Å². The molecular weight excluding hydrogens is 136 g/mol. The average molecular weight is 152 g/mol. The van der Waals surface area contributed by atoms with Gasteiger partial charge in [-0.3, -0.25) is 0 Å². The van der Waals surface area contributed by atoms with Crippen LogP contribution >= 0.6 is 0 Å². The van der Waals surface area contributed by atoms with Crippen molar-refractivity contribution in [3.8, 4) is 0 Å². The summed E-state index contributed by atoms with van der Waals surface area (Å²) in [5, 5.41) is 0. The molecule has 0 nitrogen and oxygen atoms in total. The molecule has 0 aliphatic heterocycles. The lowest BCUT2D eigenvalue weighted by molar-refractivity contribution is 1.27. The van der Waals surface area contributed by atoms with Gasteiger partial charge in [-0.15, -0.1) is 0 Å². The Morgan fingerprint density at radius 1 is 0.900 bits per heavy atom. The van der Waals surface area contributed by atoms with Gasteiger partial charge in [-0.2, -0.15) is 0 Å². The highest BCUT2D eigenvalue weighted by Gasteiger charge is 1.91. The molecule has 56 valence electrons. The molecule has 0 fully saturated rings. The zero-order valence-corrected chi connectivity index (χ0v) is 6.23. The highest BCUT2D eigenvalue weighted by Crippen LogP contribution is 2.09. The Kier molecular flexibility index (Phi) is 3.37. The van der Waals surface area contributed by atoms with E-state index in [-0.39, 0.29) is 11.0 Å². The first-order valence-corrected chi connectivity index (χ1v) is 3.24. The molecule has 1 heteroatoms. The largest absolute Gasteiger partial charge is 0.0617 e. The van der Waals surface area contributed by atoms with Crippen molar-refractivity contribution in [3.63, 3.8) is 0 Å². The van der Waals surface area contributed by atoms with Crippen molar-refractivity contribution in [1.82, 2.24) is 0 Å². The molecule has 0 amide bonds. The molecule has 0 bridgehead atoms. The molecule has 0 atom stereocenters. The highest BCUT2D eigenvalue weighted by atomic mass is 28.1. The van der Waals surface area contributed by atoms with Gasteiger partial charge in [0.1, 0.15) is 0 Å². The minimum Gasteiger partial charge on any atom is -0.0617 e. The monoisotopic (exact) mass is 152 g/mol. The van der Waals surface area contributed by atoms with Crippen LogP contribution in [0.4, 0.5) is 0 Å². The number of hydrogen-bond acceptors (Lipinski definition) is 0. The van der Waals surface area contributed by atoms with Crippen molar-refractivity contribution in [1.29, 1.82) is 0 Å². The Morgan fingerprint density at radius 3 is 1.60 bits per heavy atom. The van der Waals surface area contributed by atoms with E-state index in [2.05, 4.69) is 39.0 Å². The second-order valence-electron chi connectivity index (χ2n) is 2.52. The number of aryl methyl sites for hydroxylation is 2. The first-order chi connectivity index (χ1) is 4.22. The van der Waals surface area contributed by atoms with Crippen molar-refractivity contribution in [2.75, 3.05) is 0 Å². The van der Waals surface area contributed by atoms with Crippen LogP contribution in [0, 0.1) is 20.8 Å². The minimum absolute atomic E-state index is 0. The summed E-state index contributed by atoms with van der Waals surface area (Å²) in [7, 11) is 0. The lowest BCUT2D eigenvalue weighted by Crippen LogP contribution is -1.82. The zero-order valence-electron chi connectivity index (χ0n) is 6.23. The van der Waals surface area contributed by atoms with Gasteiger partial charge >= 0.3 is 0 Å². The zero-order chi connectivity index (χ0) is 6.85. The molecule has 0 aliphatic carbocycles. The van der Waals surface area contributed by atoms with Crippen LogP contribution in [-0.4, -0.2) is 11.0 Å². The number of benzene rings is 1. The average Bonchev–Trinajstić information content (AvgIpc) is 1.83. The van der Waals surface area contributed by atoms with Crippen LogP contribution < -0.4 is 0 Å². The molecule has 0 aliphatic rings. The predicted octanol–water partition coefficient (Wildman–Crippen LogP) is 1.16. The van der Waals surface area contributed by atoms with E-state index in [0.29, 0.717) is 0 Å². The van der Waals surface area contributed by atoms with Gasteiger partial charge in [0.05, 0.1) is 0 Å². The summed E-state index contributed by atoms with van der Waals surface area (Å²) in [5.41, 5.74) is 4.18. The lowest BCUT2D eigenvalue weighted by atomic mass is 10.1. The normalized spacial score (nSPS) is 8.70. The summed E-state index contributed by atoms with van der Waals surface area (Å²) in [4.78, 5) is 0. The standard InChI is InChI=1S/C9H12.H4Si/c1-7-5-4-6-8(2)9(7)3;/h4-6H,1-3H3;1H4. The second kappa shape index (κ2) is 3.57. The van der Waals surface area contributed by atoms with Gasteiger partial charge in [0, 0.05) is 0 Å². The summed E-state index contributed by atoms with van der Waals surface area (Å²) >= 11 is 0. The fourth-order valence-corrected chi connectivity index (χ4v) is 0.898. The van der Waals surface area contributed by atoms with E-state index in [9.17, 15) is 0 Å². The van der Waals surface area contributed by atoms with Crippen molar-refractivity contribution >= 4 is 11.0 Å². The number of rotatable bonds is 0. The fraction of sp³-hybridized carbons (Fsp3) is 0.333. The molecule has 0 aromatic heterocycles. The van der Waals surface area contributed by atoms with Crippen molar-refractivity contribution in [2.45, 2.75) is 20.8 Å². The topological polar surface area (TPSA) is 0 Å². The summed E-state index contributed by atoms with van der Waals surface area (Å²) in [6, 6.07) is 6.38. The third-order valence-corrected chi connectivity index (χ3v) is 1.88. The Morgan fingerprint density at radius 2 is 1.30 bits per heavy atom. The number of hydrogen-bond donors (Lipinski definition) is 0. The van der Waals surface area contributed by atoms with Crippen LogP contribution in [0.3, 0.4) is 0 Å². The van der Waals surface area contributed by atoms with Gasteiger partial charge in [0.2, 0.25) is 0 Å². The van der Waals surface area contributed by atoms with Crippen LogP contribution in [-0.2, 0) is 0 Å². The quantitative estimate of drug-likeness (QED) is 0.489. The van der Waals surface area contributed by atoms with Gasteiger partial charge in [0.15, 0.2) is 0 Å². The maximum atomic E-state index is 2.16. The molecule has 0 saturated carbocycles. The van der Waals surface area contributed by atoms with Gasteiger partial charge < -0.3 is 0 Å². The first kappa shape index (κ1) is 9.44. The first-order valence-electron chi connectivity index (χ1n) is 3.24. The maximum Gasteiger partial charge on any atom is -0.0149 e. The third-order valence-electron chi connectivity index (χ3n) is 1.88. The molecule has 1 aromatic rings. The molecule has 0 saturated heterocycles. The van der Waals surface area contributed by atoms with E-state index in [1.165, 1.54) is 16.7 Å². The van der Waals surface area contributed by atoms with Gasteiger partial charge in [-0.1, -0.05) is 18.2 Å². The molecule has 1 rings (SSSR count).